The number of rotatable bonds is 5. The molecule has 0 bridgehead atoms. The van der Waals surface area contributed by atoms with Gasteiger partial charge in [-0.05, 0) is 44.6 Å². The molecule has 98 valence electrons. The minimum atomic E-state index is -1.01. The van der Waals surface area contributed by atoms with Crippen molar-refractivity contribution in [1.29, 1.82) is 0 Å². The molecule has 2 nitrogen and oxygen atoms in total. The SMILES string of the molecule is CC(C)C[C@H](N[S@@+]([O-])C(C)(C)C)c1cccs1. The van der Waals surface area contributed by atoms with Crippen LogP contribution in [0, 0.1) is 5.92 Å². The maximum Gasteiger partial charge on any atom is 0.136 e. The van der Waals surface area contributed by atoms with Gasteiger partial charge in [-0.25, -0.2) is 0 Å². The second-order valence-corrected chi connectivity index (χ2v) is 8.67. The Morgan fingerprint density at radius 2 is 2.06 bits per heavy atom. The van der Waals surface area contributed by atoms with Crippen molar-refractivity contribution >= 4 is 22.7 Å². The third kappa shape index (κ3) is 5.00. The molecule has 0 aliphatic rings. The van der Waals surface area contributed by atoms with Crippen LogP contribution < -0.4 is 4.72 Å². The Balaban J connectivity index is 2.72. The molecule has 0 amide bonds. The summed E-state index contributed by atoms with van der Waals surface area (Å²) < 4.78 is 15.2. The van der Waals surface area contributed by atoms with Gasteiger partial charge in [-0.1, -0.05) is 19.9 Å². The van der Waals surface area contributed by atoms with Gasteiger partial charge in [0.25, 0.3) is 0 Å². The van der Waals surface area contributed by atoms with Crippen LogP contribution in [0.2, 0.25) is 0 Å². The van der Waals surface area contributed by atoms with E-state index in [1.165, 1.54) is 4.88 Å². The van der Waals surface area contributed by atoms with Crippen LogP contribution in [0.3, 0.4) is 0 Å². The van der Waals surface area contributed by atoms with Crippen molar-refractivity contribution in [2.75, 3.05) is 0 Å². The highest BCUT2D eigenvalue weighted by molar-refractivity contribution is 7.90. The lowest BCUT2D eigenvalue weighted by molar-refractivity contribution is 0.466. The average Bonchev–Trinajstić information content (AvgIpc) is 2.66. The normalized spacial score (nSPS) is 16.2. The molecule has 1 aromatic heterocycles. The minimum absolute atomic E-state index is 0.204. The second-order valence-electron chi connectivity index (χ2n) is 5.70. The van der Waals surface area contributed by atoms with Gasteiger partial charge in [-0.3, -0.25) is 0 Å². The standard InChI is InChI=1S/C13H23NOS2/c1-10(2)9-11(12-7-6-8-16-12)14-17(15)13(3,4)5/h6-8,10-11,14H,9H2,1-5H3/t11-,17-/m0/s1. The molecule has 1 heterocycles. The topological polar surface area (TPSA) is 35.1 Å². The van der Waals surface area contributed by atoms with Crippen LogP contribution in [0.15, 0.2) is 17.5 Å². The minimum Gasteiger partial charge on any atom is -0.598 e. The fourth-order valence-electron chi connectivity index (χ4n) is 1.49. The Hall–Kier alpha value is -0.0300. The first-order chi connectivity index (χ1) is 7.80. The van der Waals surface area contributed by atoms with Crippen LogP contribution in [0.1, 0.15) is 52.0 Å². The van der Waals surface area contributed by atoms with Crippen molar-refractivity contribution in [3.63, 3.8) is 0 Å². The zero-order chi connectivity index (χ0) is 13.1. The van der Waals surface area contributed by atoms with E-state index in [1.807, 2.05) is 20.8 Å². The van der Waals surface area contributed by atoms with Crippen LogP contribution in [-0.4, -0.2) is 9.30 Å². The van der Waals surface area contributed by atoms with Crippen LogP contribution in [0.4, 0.5) is 0 Å². The van der Waals surface area contributed by atoms with Crippen LogP contribution in [0.5, 0.6) is 0 Å². The van der Waals surface area contributed by atoms with E-state index >= 15 is 0 Å². The van der Waals surface area contributed by atoms with Gasteiger partial charge >= 0.3 is 0 Å². The molecule has 0 unspecified atom stereocenters. The molecule has 1 rings (SSSR count). The number of thiophene rings is 1. The molecule has 0 radical (unpaired) electrons. The van der Waals surface area contributed by atoms with Gasteiger partial charge in [0.15, 0.2) is 0 Å². The molecule has 0 aliphatic heterocycles. The molecule has 0 aliphatic carbocycles. The Labute approximate surface area is 112 Å². The van der Waals surface area contributed by atoms with Gasteiger partial charge in [0.05, 0.1) is 6.04 Å². The maximum absolute atomic E-state index is 12.2. The molecule has 17 heavy (non-hydrogen) atoms. The Kier molecular flexibility index (Phi) is 5.51. The highest BCUT2D eigenvalue weighted by atomic mass is 32.2. The Morgan fingerprint density at radius 3 is 2.47 bits per heavy atom. The third-order valence-electron chi connectivity index (χ3n) is 2.40. The summed E-state index contributed by atoms with van der Waals surface area (Å²) in [6, 6.07) is 4.37. The fraction of sp³-hybridized carbons (Fsp3) is 0.692. The van der Waals surface area contributed by atoms with E-state index < -0.39 is 11.4 Å². The van der Waals surface area contributed by atoms with Gasteiger partial charge in [0.1, 0.15) is 4.75 Å². The summed E-state index contributed by atoms with van der Waals surface area (Å²) in [6.45, 7) is 10.4. The van der Waals surface area contributed by atoms with Crippen molar-refractivity contribution in [3.8, 4) is 0 Å². The van der Waals surface area contributed by atoms with Gasteiger partial charge < -0.3 is 4.55 Å². The van der Waals surface area contributed by atoms with Crippen LogP contribution in [-0.2, 0) is 11.4 Å². The highest BCUT2D eigenvalue weighted by Gasteiger charge is 2.30. The van der Waals surface area contributed by atoms with Gasteiger partial charge in [0.2, 0.25) is 0 Å². The fourth-order valence-corrected chi connectivity index (χ4v) is 3.19. The maximum atomic E-state index is 12.2. The second kappa shape index (κ2) is 6.23. The summed E-state index contributed by atoms with van der Waals surface area (Å²) >= 11 is 0.717. The lowest BCUT2D eigenvalue weighted by Crippen LogP contribution is -2.41. The van der Waals surface area contributed by atoms with Crippen LogP contribution in [0.25, 0.3) is 0 Å². The van der Waals surface area contributed by atoms with Gasteiger partial charge in [0, 0.05) is 16.2 Å². The van der Waals surface area contributed by atoms with E-state index in [9.17, 15) is 4.55 Å². The predicted molar refractivity (Wildman–Crippen MR) is 77.5 cm³/mol. The molecule has 0 saturated heterocycles. The Bertz CT molecular complexity index is 317. The molecule has 1 N–H and O–H groups in total. The van der Waals surface area contributed by atoms with Crippen molar-refractivity contribution in [3.05, 3.63) is 22.4 Å². The summed E-state index contributed by atoms with van der Waals surface area (Å²) in [5.74, 6) is 0.589. The number of hydrogen-bond donors (Lipinski definition) is 1. The summed E-state index contributed by atoms with van der Waals surface area (Å²) in [4.78, 5) is 1.27. The van der Waals surface area contributed by atoms with Crippen molar-refractivity contribution in [2.24, 2.45) is 5.92 Å². The van der Waals surface area contributed by atoms with E-state index in [1.54, 1.807) is 11.3 Å². The van der Waals surface area contributed by atoms with E-state index in [-0.39, 0.29) is 10.8 Å². The summed E-state index contributed by atoms with van der Waals surface area (Å²) in [6.07, 6.45) is 1.02. The lowest BCUT2D eigenvalue weighted by atomic mass is 10.0. The molecule has 2 atom stereocenters. The highest BCUT2D eigenvalue weighted by Crippen LogP contribution is 2.28. The van der Waals surface area contributed by atoms with E-state index in [0.717, 1.165) is 6.42 Å². The number of nitrogens with one attached hydrogen (secondary N) is 1. The molecule has 0 fully saturated rings. The van der Waals surface area contributed by atoms with E-state index in [4.69, 9.17) is 0 Å². The largest absolute Gasteiger partial charge is 0.598 e. The van der Waals surface area contributed by atoms with Crippen LogP contribution >= 0.6 is 11.3 Å². The zero-order valence-electron chi connectivity index (χ0n) is 11.3. The average molecular weight is 273 g/mol. The molecular formula is C13H23NOS2. The summed E-state index contributed by atoms with van der Waals surface area (Å²) in [5, 5.41) is 2.07. The first-order valence-corrected chi connectivity index (χ1v) is 8.05. The molecule has 0 spiro atoms. The smallest absolute Gasteiger partial charge is 0.136 e. The molecule has 4 heteroatoms. The van der Waals surface area contributed by atoms with Gasteiger partial charge in [-0.2, -0.15) is 0 Å². The third-order valence-corrected chi connectivity index (χ3v) is 5.00. The van der Waals surface area contributed by atoms with Crippen molar-refractivity contribution in [1.82, 2.24) is 4.72 Å². The molecule has 0 aromatic carbocycles. The zero-order valence-corrected chi connectivity index (χ0v) is 13.0. The first-order valence-electron chi connectivity index (χ1n) is 6.02. The summed E-state index contributed by atoms with van der Waals surface area (Å²) in [5.41, 5.74) is 0. The van der Waals surface area contributed by atoms with E-state index in [0.29, 0.717) is 5.92 Å². The van der Waals surface area contributed by atoms with Gasteiger partial charge in [-0.15, -0.1) is 16.1 Å². The monoisotopic (exact) mass is 273 g/mol. The van der Waals surface area contributed by atoms with Crippen molar-refractivity contribution in [2.45, 2.75) is 51.8 Å². The first kappa shape index (κ1) is 15.0. The lowest BCUT2D eigenvalue weighted by Gasteiger charge is -2.28. The summed E-state index contributed by atoms with van der Waals surface area (Å²) in [7, 11) is 0. The number of hydrogen-bond acceptors (Lipinski definition) is 3. The van der Waals surface area contributed by atoms with Crippen molar-refractivity contribution < 1.29 is 4.55 Å². The quantitative estimate of drug-likeness (QED) is 0.826. The predicted octanol–water partition coefficient (Wildman–Crippen LogP) is 3.89. The van der Waals surface area contributed by atoms with E-state index in [2.05, 4.69) is 36.1 Å². The molecule has 0 saturated carbocycles. The molecule has 1 aromatic rings. The molecular weight excluding hydrogens is 250 g/mol. The Morgan fingerprint density at radius 1 is 1.41 bits per heavy atom.